The van der Waals surface area contributed by atoms with Gasteiger partial charge in [-0.2, -0.15) is 0 Å². The summed E-state index contributed by atoms with van der Waals surface area (Å²) < 4.78 is 13.0. The molecule has 1 aliphatic carbocycles. The van der Waals surface area contributed by atoms with Gasteiger partial charge < -0.3 is 8.85 Å². The largest absolute Gasteiger partial charge is 0.411 e. The molecule has 0 aromatic carbocycles. The van der Waals surface area contributed by atoms with E-state index in [0.717, 1.165) is 6.42 Å². The second kappa shape index (κ2) is 6.58. The Morgan fingerprint density at radius 1 is 0.913 bits per heavy atom. The van der Waals surface area contributed by atoms with E-state index in [1.165, 1.54) is 0 Å². The molecule has 0 aliphatic heterocycles. The summed E-state index contributed by atoms with van der Waals surface area (Å²) in [5.74, 6) is 0.0600. The van der Waals surface area contributed by atoms with Gasteiger partial charge in [-0.05, 0) is 48.8 Å². The van der Waals surface area contributed by atoms with Crippen molar-refractivity contribution < 1.29 is 13.6 Å². The van der Waals surface area contributed by atoms with Crippen molar-refractivity contribution in [1.29, 1.82) is 0 Å². The van der Waals surface area contributed by atoms with Crippen molar-refractivity contribution in [2.24, 2.45) is 0 Å². The van der Waals surface area contributed by atoms with Gasteiger partial charge in [0.1, 0.15) is 6.10 Å². The van der Waals surface area contributed by atoms with E-state index in [2.05, 4.69) is 67.7 Å². The standard InChI is InChI=1S/C18H36O3Si2/c1-17(2,3)22(7,8)20-15-13-11-12-14(19)16(15)21-23(9,10)18(4,5)6/h11-12,15-16H,13H2,1-10H3/t15-,16+/m1/s1. The average molecular weight is 357 g/mol. The van der Waals surface area contributed by atoms with E-state index in [4.69, 9.17) is 8.85 Å². The summed E-state index contributed by atoms with van der Waals surface area (Å²) in [6.45, 7) is 22.1. The predicted molar refractivity (Wildman–Crippen MR) is 103 cm³/mol. The summed E-state index contributed by atoms with van der Waals surface area (Å²) in [5.41, 5.74) is 0. The lowest BCUT2D eigenvalue weighted by Crippen LogP contribution is -2.54. The first-order valence-electron chi connectivity index (χ1n) is 8.64. The van der Waals surface area contributed by atoms with Gasteiger partial charge in [0.15, 0.2) is 22.4 Å². The lowest BCUT2D eigenvalue weighted by Gasteiger charge is -2.45. The maximum atomic E-state index is 12.5. The molecule has 23 heavy (non-hydrogen) atoms. The van der Waals surface area contributed by atoms with Crippen molar-refractivity contribution in [2.75, 3.05) is 0 Å². The number of rotatable bonds is 4. The average Bonchev–Trinajstić information content (AvgIpc) is 2.30. The van der Waals surface area contributed by atoms with Crippen LogP contribution in [0.3, 0.4) is 0 Å². The zero-order chi connectivity index (χ0) is 18.3. The molecule has 0 amide bonds. The topological polar surface area (TPSA) is 35.5 Å². The van der Waals surface area contributed by atoms with Crippen LogP contribution in [0.15, 0.2) is 12.2 Å². The Kier molecular flexibility index (Phi) is 5.95. The SMILES string of the molecule is CC(C)(C)[Si](C)(C)O[C@@H]1CC=CC(=O)[C@@H]1O[Si](C)(C)C(C)(C)C. The van der Waals surface area contributed by atoms with Crippen molar-refractivity contribution in [3.05, 3.63) is 12.2 Å². The summed E-state index contributed by atoms with van der Waals surface area (Å²) in [6, 6.07) is 0. The maximum absolute atomic E-state index is 12.5. The second-order valence-corrected chi connectivity index (χ2v) is 19.3. The highest BCUT2D eigenvalue weighted by atomic mass is 28.4. The Morgan fingerprint density at radius 3 is 1.78 bits per heavy atom. The number of ketones is 1. The fourth-order valence-electron chi connectivity index (χ4n) is 2.01. The van der Waals surface area contributed by atoms with Crippen molar-refractivity contribution >= 4 is 22.4 Å². The van der Waals surface area contributed by atoms with Gasteiger partial charge in [-0.25, -0.2) is 0 Å². The molecule has 0 aromatic rings. The molecule has 134 valence electrons. The fraction of sp³-hybridized carbons (Fsp3) is 0.833. The van der Waals surface area contributed by atoms with E-state index in [1.54, 1.807) is 6.08 Å². The number of hydrogen-bond acceptors (Lipinski definition) is 3. The van der Waals surface area contributed by atoms with Gasteiger partial charge in [0, 0.05) is 0 Å². The molecule has 5 heteroatoms. The molecule has 0 bridgehead atoms. The van der Waals surface area contributed by atoms with Crippen LogP contribution in [-0.4, -0.2) is 34.6 Å². The lowest BCUT2D eigenvalue weighted by molar-refractivity contribution is -0.126. The summed E-state index contributed by atoms with van der Waals surface area (Å²) in [4.78, 5) is 12.5. The van der Waals surface area contributed by atoms with Crippen LogP contribution in [0.25, 0.3) is 0 Å². The molecule has 0 aromatic heterocycles. The molecule has 1 aliphatic rings. The minimum absolute atomic E-state index is 0.0600. The van der Waals surface area contributed by atoms with Gasteiger partial charge in [0.05, 0.1) is 6.10 Å². The van der Waals surface area contributed by atoms with Gasteiger partial charge >= 0.3 is 0 Å². The molecule has 0 spiro atoms. The predicted octanol–water partition coefficient (Wildman–Crippen LogP) is 5.30. The van der Waals surface area contributed by atoms with Crippen LogP contribution >= 0.6 is 0 Å². The quantitative estimate of drug-likeness (QED) is 0.641. The number of carbonyl (C=O) groups excluding carboxylic acids is 1. The van der Waals surface area contributed by atoms with Gasteiger partial charge in [0.2, 0.25) is 0 Å². The van der Waals surface area contributed by atoms with Gasteiger partial charge in [-0.3, -0.25) is 4.79 Å². The highest BCUT2D eigenvalue weighted by molar-refractivity contribution is 6.74. The van der Waals surface area contributed by atoms with E-state index in [9.17, 15) is 4.79 Å². The third-order valence-corrected chi connectivity index (χ3v) is 14.7. The van der Waals surface area contributed by atoms with Crippen LogP contribution in [0.2, 0.25) is 36.3 Å². The first kappa shape index (κ1) is 20.8. The molecule has 0 heterocycles. The van der Waals surface area contributed by atoms with Crippen LogP contribution < -0.4 is 0 Å². The van der Waals surface area contributed by atoms with Crippen molar-refractivity contribution in [3.63, 3.8) is 0 Å². The Hall–Kier alpha value is -0.236. The van der Waals surface area contributed by atoms with Gasteiger partial charge in [-0.1, -0.05) is 47.6 Å². The van der Waals surface area contributed by atoms with Gasteiger partial charge in [0.25, 0.3) is 0 Å². The third-order valence-electron chi connectivity index (χ3n) is 5.75. The van der Waals surface area contributed by atoms with Crippen molar-refractivity contribution in [1.82, 2.24) is 0 Å². The second-order valence-electron chi connectivity index (χ2n) is 9.76. The molecular weight excluding hydrogens is 320 g/mol. The maximum Gasteiger partial charge on any atom is 0.193 e. The lowest BCUT2D eigenvalue weighted by atomic mass is 10.0. The van der Waals surface area contributed by atoms with Crippen molar-refractivity contribution in [2.45, 2.75) is 96.4 Å². The molecule has 0 saturated carbocycles. The molecule has 0 unspecified atom stereocenters. The first-order valence-corrected chi connectivity index (χ1v) is 14.5. The molecule has 0 N–H and O–H groups in total. The normalized spacial score (nSPS) is 24.2. The summed E-state index contributed by atoms with van der Waals surface area (Å²) >= 11 is 0. The molecule has 3 nitrogen and oxygen atoms in total. The Bertz CT molecular complexity index is 468. The molecule has 2 atom stereocenters. The Morgan fingerprint density at radius 2 is 1.35 bits per heavy atom. The van der Waals surface area contributed by atoms with E-state index in [1.807, 2.05) is 6.08 Å². The van der Waals surface area contributed by atoms with E-state index in [0.29, 0.717) is 0 Å². The summed E-state index contributed by atoms with van der Waals surface area (Å²) in [6.07, 6.45) is 3.77. The molecular formula is C18H36O3Si2. The molecule has 0 fully saturated rings. The minimum atomic E-state index is -2.02. The molecule has 0 radical (unpaired) electrons. The van der Waals surface area contributed by atoms with Crippen LogP contribution in [0.1, 0.15) is 48.0 Å². The van der Waals surface area contributed by atoms with Crippen LogP contribution in [-0.2, 0) is 13.6 Å². The fourth-order valence-corrected chi connectivity index (χ4v) is 4.60. The van der Waals surface area contributed by atoms with E-state index >= 15 is 0 Å². The smallest absolute Gasteiger partial charge is 0.193 e. The van der Waals surface area contributed by atoms with Gasteiger partial charge in [-0.15, -0.1) is 0 Å². The van der Waals surface area contributed by atoms with Crippen LogP contribution in [0.5, 0.6) is 0 Å². The first-order chi connectivity index (χ1) is 10.1. The summed E-state index contributed by atoms with van der Waals surface area (Å²) in [7, 11) is -3.95. The molecule has 0 saturated heterocycles. The monoisotopic (exact) mass is 356 g/mol. The minimum Gasteiger partial charge on any atom is -0.411 e. The zero-order valence-electron chi connectivity index (χ0n) is 16.7. The third kappa shape index (κ3) is 4.87. The van der Waals surface area contributed by atoms with Crippen molar-refractivity contribution in [3.8, 4) is 0 Å². The van der Waals surface area contributed by atoms with E-state index in [-0.39, 0.29) is 22.0 Å². The zero-order valence-corrected chi connectivity index (χ0v) is 18.7. The van der Waals surface area contributed by atoms with E-state index < -0.39 is 22.7 Å². The Labute approximate surface area is 145 Å². The summed E-state index contributed by atoms with van der Waals surface area (Å²) in [5, 5.41) is 0.203. The van der Waals surface area contributed by atoms with Crippen LogP contribution in [0.4, 0.5) is 0 Å². The highest BCUT2D eigenvalue weighted by Crippen LogP contribution is 2.41. The highest BCUT2D eigenvalue weighted by Gasteiger charge is 2.46. The Balaban J connectivity index is 3.03. The number of hydrogen-bond donors (Lipinski definition) is 0. The van der Waals surface area contributed by atoms with Crippen LogP contribution in [0, 0.1) is 0 Å². The molecule has 1 rings (SSSR count). The number of carbonyl (C=O) groups is 1.